The standard InChI is InChI=1S/C35H24N2.C23H22BNO2.C18H14BrN/c1-3-12-28(13-4-1)37(29-14-5-2-6-15-29)30-20-17-26(18-21-30)34-32-22-19-25-10-7-8-16-31(25)33(32)24-27-11-9-23-36-35(27)34;1-22(2)23(3,4)27-24(26-22)20-18-12-11-15-8-5-6-10-17(15)19(18)14-16-9-7-13-25-21(16)20;19-15-11-13-18(14-12-15)20(16-7-3-1-4-8-16)17-9-5-2-6-10-17/h1-24H;5-14H,1-4H3;1-14H. The molecule has 0 spiro atoms. The van der Waals surface area contributed by atoms with Crippen LogP contribution >= 0.6 is 15.9 Å². The monoisotopic (exact) mass is 1150 g/mol. The van der Waals surface area contributed by atoms with Crippen molar-refractivity contribution < 1.29 is 9.31 Å². The molecule has 0 amide bonds. The second-order valence-corrected chi connectivity index (χ2v) is 23.0. The Morgan fingerprint density at radius 2 is 0.702 bits per heavy atom. The van der Waals surface area contributed by atoms with Crippen LogP contribution in [0.5, 0.6) is 0 Å². The summed E-state index contributed by atoms with van der Waals surface area (Å²) in [6.07, 6.45) is 3.73. The quantitative estimate of drug-likeness (QED) is 0.0858. The molecule has 2 aromatic heterocycles. The highest BCUT2D eigenvalue weighted by Crippen LogP contribution is 2.42. The van der Waals surface area contributed by atoms with Crippen molar-refractivity contribution in [3.8, 4) is 11.1 Å². The SMILES string of the molecule is Brc1ccc(N(c2ccccc2)c2ccccc2)cc1.CC1(C)OB(c2c3ccc4ccccc4c3cc3cccnc23)OC1(C)C.c1ccc(N(c2ccccc2)c2ccc(-c3c4ccc5ccccc5c4cc4cccnc34)cc2)cc1. The highest BCUT2D eigenvalue weighted by molar-refractivity contribution is 9.10. The number of pyridine rings is 2. The topological polar surface area (TPSA) is 50.7 Å². The van der Waals surface area contributed by atoms with Gasteiger partial charge in [-0.25, -0.2) is 0 Å². The van der Waals surface area contributed by atoms with Gasteiger partial charge in [-0.3, -0.25) is 9.97 Å². The molecule has 1 aliphatic heterocycles. The van der Waals surface area contributed by atoms with Crippen molar-refractivity contribution in [2.75, 3.05) is 9.80 Å². The summed E-state index contributed by atoms with van der Waals surface area (Å²) in [4.78, 5) is 14.1. The molecule has 0 saturated carbocycles. The maximum Gasteiger partial charge on any atom is 0.497 e. The van der Waals surface area contributed by atoms with E-state index in [1.165, 1.54) is 43.3 Å². The zero-order valence-electron chi connectivity index (χ0n) is 47.3. The molecule has 3 heterocycles. The van der Waals surface area contributed by atoms with Gasteiger partial charge in [0.2, 0.25) is 0 Å². The molecule has 14 aromatic rings. The van der Waals surface area contributed by atoms with E-state index in [4.69, 9.17) is 19.3 Å². The highest BCUT2D eigenvalue weighted by Gasteiger charge is 2.52. The number of rotatable bonds is 8. The Morgan fingerprint density at radius 3 is 1.18 bits per heavy atom. The normalized spacial score (nSPS) is 13.4. The molecule has 12 aromatic carbocycles. The Kier molecular flexibility index (Phi) is 14.8. The molecular formula is C76H60BBrN4O2. The lowest BCUT2D eigenvalue weighted by molar-refractivity contribution is 0.00578. The molecule has 0 N–H and O–H groups in total. The highest BCUT2D eigenvalue weighted by atomic mass is 79.9. The van der Waals surface area contributed by atoms with Crippen molar-refractivity contribution in [2.24, 2.45) is 0 Å². The van der Waals surface area contributed by atoms with E-state index in [9.17, 15) is 0 Å². The van der Waals surface area contributed by atoms with Crippen LogP contribution in [0, 0.1) is 0 Å². The number of hydrogen-bond acceptors (Lipinski definition) is 6. The minimum atomic E-state index is -0.447. The van der Waals surface area contributed by atoms with E-state index in [2.05, 4.69) is 308 Å². The molecule has 84 heavy (non-hydrogen) atoms. The summed E-state index contributed by atoms with van der Waals surface area (Å²) in [6.45, 7) is 8.35. The maximum absolute atomic E-state index is 6.42. The van der Waals surface area contributed by atoms with Crippen LogP contribution in [0.15, 0.2) is 296 Å². The van der Waals surface area contributed by atoms with Crippen molar-refractivity contribution in [3.05, 3.63) is 296 Å². The van der Waals surface area contributed by atoms with Gasteiger partial charge in [0.1, 0.15) is 0 Å². The fourth-order valence-corrected chi connectivity index (χ4v) is 11.7. The third-order valence-electron chi connectivity index (χ3n) is 16.3. The van der Waals surface area contributed by atoms with Gasteiger partial charge in [-0.1, -0.05) is 186 Å². The van der Waals surface area contributed by atoms with Crippen LogP contribution in [0.1, 0.15) is 27.7 Å². The average molecular weight is 1150 g/mol. The number of anilines is 6. The van der Waals surface area contributed by atoms with E-state index in [0.717, 1.165) is 76.8 Å². The van der Waals surface area contributed by atoms with Gasteiger partial charge in [-0.05, 0) is 186 Å². The zero-order chi connectivity index (χ0) is 57.2. The van der Waals surface area contributed by atoms with Gasteiger partial charge in [0.25, 0.3) is 0 Å². The molecule has 15 rings (SSSR count). The minimum absolute atomic E-state index is 0.391. The fourth-order valence-electron chi connectivity index (χ4n) is 11.5. The van der Waals surface area contributed by atoms with Crippen LogP contribution in [-0.2, 0) is 9.31 Å². The lowest BCUT2D eigenvalue weighted by atomic mass is 9.74. The number of hydrogen-bond donors (Lipinski definition) is 0. The lowest BCUT2D eigenvalue weighted by Gasteiger charge is -2.32. The van der Waals surface area contributed by atoms with Crippen LogP contribution in [0.25, 0.3) is 76.0 Å². The number of para-hydroxylation sites is 4. The largest absolute Gasteiger partial charge is 0.497 e. The van der Waals surface area contributed by atoms with Crippen molar-refractivity contribution in [3.63, 3.8) is 0 Å². The van der Waals surface area contributed by atoms with Gasteiger partial charge in [-0.2, -0.15) is 0 Å². The second-order valence-electron chi connectivity index (χ2n) is 22.1. The molecule has 1 aliphatic rings. The number of halogens is 1. The van der Waals surface area contributed by atoms with E-state index in [-0.39, 0.29) is 0 Å². The van der Waals surface area contributed by atoms with Gasteiger partial charge < -0.3 is 19.1 Å². The van der Waals surface area contributed by atoms with Crippen LogP contribution in [0.4, 0.5) is 34.1 Å². The molecule has 1 saturated heterocycles. The van der Waals surface area contributed by atoms with Gasteiger partial charge in [0, 0.05) is 72.8 Å². The first-order chi connectivity index (χ1) is 41.1. The minimum Gasteiger partial charge on any atom is -0.399 e. The Bertz CT molecular complexity index is 4530. The van der Waals surface area contributed by atoms with Crippen molar-refractivity contribution in [2.45, 2.75) is 38.9 Å². The Balaban J connectivity index is 0.000000124. The molecule has 1 fully saturated rings. The van der Waals surface area contributed by atoms with E-state index < -0.39 is 18.3 Å². The molecular weight excluding hydrogens is 1090 g/mol. The molecule has 406 valence electrons. The Morgan fingerprint density at radius 1 is 0.333 bits per heavy atom. The number of aromatic nitrogens is 2. The summed E-state index contributed by atoms with van der Waals surface area (Å²) in [5.74, 6) is 0. The van der Waals surface area contributed by atoms with Crippen molar-refractivity contribution in [1.29, 1.82) is 0 Å². The molecule has 0 atom stereocenters. The first-order valence-electron chi connectivity index (χ1n) is 28.5. The number of fused-ring (bicyclic) bond motifs is 8. The van der Waals surface area contributed by atoms with Crippen LogP contribution in [0.2, 0.25) is 0 Å². The van der Waals surface area contributed by atoms with Crippen LogP contribution in [-0.4, -0.2) is 28.3 Å². The molecule has 0 bridgehead atoms. The van der Waals surface area contributed by atoms with Gasteiger partial charge in [0.15, 0.2) is 0 Å². The lowest BCUT2D eigenvalue weighted by Crippen LogP contribution is -2.41. The predicted molar refractivity (Wildman–Crippen MR) is 358 cm³/mol. The third kappa shape index (κ3) is 10.6. The van der Waals surface area contributed by atoms with Crippen molar-refractivity contribution in [1.82, 2.24) is 9.97 Å². The fraction of sp³-hybridized carbons (Fsp3) is 0.0789. The number of nitrogens with zero attached hydrogens (tertiary/aromatic N) is 4. The zero-order valence-corrected chi connectivity index (χ0v) is 48.9. The molecule has 8 heteroatoms. The van der Waals surface area contributed by atoms with Crippen LogP contribution < -0.4 is 15.3 Å². The summed E-state index contributed by atoms with van der Waals surface area (Å²) < 4.78 is 13.9. The average Bonchev–Trinajstić information content (AvgIpc) is 2.05. The first-order valence-corrected chi connectivity index (χ1v) is 29.3. The maximum atomic E-state index is 6.42. The third-order valence-corrected chi connectivity index (χ3v) is 16.8. The Hall–Kier alpha value is -9.44. The summed E-state index contributed by atoms with van der Waals surface area (Å²) in [5, 5.41) is 12.1. The van der Waals surface area contributed by atoms with Crippen molar-refractivity contribution >= 4 is 128 Å². The summed E-state index contributed by atoms with van der Waals surface area (Å²) in [5.41, 5.74) is 11.4. The molecule has 0 aliphatic carbocycles. The van der Waals surface area contributed by atoms with Crippen LogP contribution in [0.3, 0.4) is 0 Å². The number of benzene rings is 12. The summed E-state index contributed by atoms with van der Waals surface area (Å²) in [6, 6.07) is 97.7. The van der Waals surface area contributed by atoms with Gasteiger partial charge >= 0.3 is 7.12 Å². The summed E-state index contributed by atoms with van der Waals surface area (Å²) >= 11 is 3.49. The van der Waals surface area contributed by atoms with E-state index >= 15 is 0 Å². The first kappa shape index (κ1) is 53.9. The molecule has 0 radical (unpaired) electrons. The molecule has 0 unspecified atom stereocenters. The van der Waals surface area contributed by atoms with Gasteiger partial charge in [-0.15, -0.1) is 0 Å². The molecule has 6 nitrogen and oxygen atoms in total. The van der Waals surface area contributed by atoms with E-state index in [1.807, 2.05) is 36.7 Å². The van der Waals surface area contributed by atoms with E-state index in [0.29, 0.717) is 0 Å². The van der Waals surface area contributed by atoms with E-state index in [1.54, 1.807) is 0 Å². The van der Waals surface area contributed by atoms with Gasteiger partial charge in [0.05, 0.1) is 22.2 Å². The smallest absolute Gasteiger partial charge is 0.399 e. The Labute approximate surface area is 499 Å². The second kappa shape index (κ2) is 23.1. The summed E-state index contributed by atoms with van der Waals surface area (Å²) in [7, 11) is -0.447. The predicted octanol–water partition coefficient (Wildman–Crippen LogP) is 20.4.